The maximum atomic E-state index is 4.69. The third-order valence-electron chi connectivity index (χ3n) is 3.47. The molecule has 0 spiro atoms. The van der Waals surface area contributed by atoms with E-state index in [2.05, 4.69) is 22.2 Å². The molecule has 1 aliphatic rings. The minimum absolute atomic E-state index is 0.224. The smallest absolute Gasteiger partial charge is 0.189 e. The van der Waals surface area contributed by atoms with Crippen molar-refractivity contribution in [2.75, 3.05) is 13.1 Å². The molecule has 1 N–H and O–H groups in total. The predicted octanol–water partition coefficient (Wildman–Crippen LogP) is 2.12. The molecule has 2 aromatic rings. The Bertz CT molecular complexity index is 483. The van der Waals surface area contributed by atoms with Gasteiger partial charge in [-0.25, -0.2) is 15.0 Å². The van der Waals surface area contributed by atoms with Gasteiger partial charge in [0.15, 0.2) is 10.5 Å². The standard InChI is InChI=1S/C12H16N4S/c1-2-3-12(4-5-13-8-12)11-16-9-10(17-11)15-7-6-14-9/h6-7,13H,2-5,8H2,1H3. The highest BCUT2D eigenvalue weighted by molar-refractivity contribution is 7.18. The summed E-state index contributed by atoms with van der Waals surface area (Å²) in [5.74, 6) is 0. The Hall–Kier alpha value is -1.07. The van der Waals surface area contributed by atoms with E-state index in [1.165, 1.54) is 24.3 Å². The third-order valence-corrected chi connectivity index (χ3v) is 4.67. The summed E-state index contributed by atoms with van der Waals surface area (Å²) in [4.78, 5) is 14.3. The molecule has 0 aromatic carbocycles. The van der Waals surface area contributed by atoms with Crippen molar-refractivity contribution in [3.8, 4) is 0 Å². The van der Waals surface area contributed by atoms with Crippen LogP contribution < -0.4 is 5.32 Å². The highest BCUT2D eigenvalue weighted by Crippen LogP contribution is 2.38. The molecule has 1 unspecified atom stereocenters. The van der Waals surface area contributed by atoms with Crippen LogP contribution in [0.25, 0.3) is 10.5 Å². The minimum Gasteiger partial charge on any atom is -0.316 e. The summed E-state index contributed by atoms with van der Waals surface area (Å²) >= 11 is 1.71. The Morgan fingerprint density at radius 3 is 3.00 bits per heavy atom. The molecule has 0 radical (unpaired) electrons. The summed E-state index contributed by atoms with van der Waals surface area (Å²) in [5, 5.41) is 4.68. The van der Waals surface area contributed by atoms with E-state index in [0.29, 0.717) is 0 Å². The van der Waals surface area contributed by atoms with Gasteiger partial charge in [0.25, 0.3) is 0 Å². The maximum Gasteiger partial charge on any atom is 0.189 e. The summed E-state index contributed by atoms with van der Waals surface area (Å²) in [6.45, 7) is 4.38. The first-order valence-corrected chi connectivity index (χ1v) is 6.94. The van der Waals surface area contributed by atoms with Gasteiger partial charge in [-0.15, -0.1) is 0 Å². The van der Waals surface area contributed by atoms with Gasteiger partial charge in [0, 0.05) is 24.4 Å². The van der Waals surface area contributed by atoms with Gasteiger partial charge >= 0.3 is 0 Å². The molecule has 0 amide bonds. The number of aromatic nitrogens is 3. The minimum atomic E-state index is 0.224. The lowest BCUT2D eigenvalue weighted by Gasteiger charge is -2.24. The Morgan fingerprint density at radius 1 is 1.41 bits per heavy atom. The van der Waals surface area contributed by atoms with E-state index >= 15 is 0 Å². The van der Waals surface area contributed by atoms with Crippen LogP contribution >= 0.6 is 11.3 Å². The Morgan fingerprint density at radius 2 is 2.29 bits per heavy atom. The zero-order valence-electron chi connectivity index (χ0n) is 9.94. The fourth-order valence-electron chi connectivity index (χ4n) is 2.63. The summed E-state index contributed by atoms with van der Waals surface area (Å²) in [5.41, 5.74) is 1.02. The van der Waals surface area contributed by atoms with Crippen molar-refractivity contribution in [3.63, 3.8) is 0 Å². The van der Waals surface area contributed by atoms with Gasteiger partial charge in [0.2, 0.25) is 0 Å². The van der Waals surface area contributed by atoms with E-state index in [1.54, 1.807) is 23.7 Å². The quantitative estimate of drug-likeness (QED) is 0.904. The summed E-state index contributed by atoms with van der Waals surface area (Å²) in [6, 6.07) is 0. The zero-order chi connectivity index (χ0) is 11.7. The van der Waals surface area contributed by atoms with Crippen molar-refractivity contribution in [1.82, 2.24) is 20.3 Å². The molecule has 5 heteroatoms. The number of thiazole rings is 1. The second-order valence-electron chi connectivity index (χ2n) is 4.66. The lowest BCUT2D eigenvalue weighted by Crippen LogP contribution is -2.28. The lowest BCUT2D eigenvalue weighted by molar-refractivity contribution is 0.426. The molecule has 0 saturated carbocycles. The second kappa shape index (κ2) is 4.31. The molecule has 1 fully saturated rings. The monoisotopic (exact) mass is 248 g/mol. The van der Waals surface area contributed by atoms with Crippen molar-refractivity contribution >= 4 is 21.8 Å². The number of nitrogens with one attached hydrogen (secondary N) is 1. The first kappa shape index (κ1) is 11.0. The van der Waals surface area contributed by atoms with Crippen LogP contribution in [0.15, 0.2) is 12.4 Å². The lowest BCUT2D eigenvalue weighted by atomic mass is 9.83. The topological polar surface area (TPSA) is 50.7 Å². The van der Waals surface area contributed by atoms with E-state index in [-0.39, 0.29) is 5.41 Å². The van der Waals surface area contributed by atoms with E-state index in [9.17, 15) is 0 Å². The highest BCUT2D eigenvalue weighted by atomic mass is 32.1. The van der Waals surface area contributed by atoms with Gasteiger partial charge in [0.1, 0.15) is 5.01 Å². The summed E-state index contributed by atoms with van der Waals surface area (Å²) in [7, 11) is 0. The Labute approximate surface area is 105 Å². The van der Waals surface area contributed by atoms with E-state index in [0.717, 1.165) is 23.6 Å². The summed E-state index contributed by atoms with van der Waals surface area (Å²) in [6.07, 6.45) is 7.02. The highest BCUT2D eigenvalue weighted by Gasteiger charge is 2.37. The fourth-order valence-corrected chi connectivity index (χ4v) is 3.74. The van der Waals surface area contributed by atoms with Crippen molar-refractivity contribution in [3.05, 3.63) is 17.4 Å². The Kier molecular flexibility index (Phi) is 2.80. The largest absolute Gasteiger partial charge is 0.316 e. The van der Waals surface area contributed by atoms with Crippen LogP contribution in [0.5, 0.6) is 0 Å². The first-order chi connectivity index (χ1) is 8.34. The normalized spacial score (nSPS) is 24.5. The number of rotatable bonds is 3. The number of fused-ring (bicyclic) bond motifs is 1. The zero-order valence-corrected chi connectivity index (χ0v) is 10.8. The van der Waals surface area contributed by atoms with Gasteiger partial charge in [-0.3, -0.25) is 0 Å². The van der Waals surface area contributed by atoms with Crippen molar-refractivity contribution in [2.45, 2.75) is 31.6 Å². The van der Waals surface area contributed by atoms with Gasteiger partial charge in [-0.2, -0.15) is 0 Å². The average molecular weight is 248 g/mol. The van der Waals surface area contributed by atoms with Crippen LogP contribution in [0.2, 0.25) is 0 Å². The number of nitrogens with zero attached hydrogens (tertiary/aromatic N) is 3. The van der Waals surface area contributed by atoms with Crippen LogP contribution in [0, 0.1) is 0 Å². The van der Waals surface area contributed by atoms with Gasteiger partial charge in [0.05, 0.1) is 0 Å². The van der Waals surface area contributed by atoms with E-state index in [4.69, 9.17) is 4.98 Å². The first-order valence-electron chi connectivity index (χ1n) is 6.13. The molecule has 4 nitrogen and oxygen atoms in total. The SMILES string of the molecule is CCCC1(c2nc3nccnc3s2)CCNC1. The second-order valence-corrected chi connectivity index (χ2v) is 5.64. The molecule has 90 valence electrons. The average Bonchev–Trinajstić information content (AvgIpc) is 2.95. The third kappa shape index (κ3) is 1.83. The summed E-state index contributed by atoms with van der Waals surface area (Å²) < 4.78 is 0. The molecule has 1 aliphatic heterocycles. The molecule has 3 rings (SSSR count). The Balaban J connectivity index is 2.05. The molecule has 2 aromatic heterocycles. The maximum absolute atomic E-state index is 4.69. The van der Waals surface area contributed by atoms with Crippen LogP contribution in [-0.2, 0) is 5.41 Å². The molecule has 17 heavy (non-hydrogen) atoms. The predicted molar refractivity (Wildman–Crippen MR) is 69.3 cm³/mol. The number of hydrogen-bond donors (Lipinski definition) is 1. The van der Waals surface area contributed by atoms with Crippen molar-refractivity contribution in [2.24, 2.45) is 0 Å². The fraction of sp³-hybridized carbons (Fsp3) is 0.583. The van der Waals surface area contributed by atoms with Crippen LogP contribution in [0.4, 0.5) is 0 Å². The van der Waals surface area contributed by atoms with Crippen LogP contribution in [0.3, 0.4) is 0 Å². The molecule has 1 saturated heterocycles. The van der Waals surface area contributed by atoms with Crippen LogP contribution in [0.1, 0.15) is 31.2 Å². The molecule has 1 atom stereocenters. The molecular formula is C12H16N4S. The molecule has 0 aliphatic carbocycles. The van der Waals surface area contributed by atoms with Gasteiger partial charge < -0.3 is 5.32 Å². The van der Waals surface area contributed by atoms with Gasteiger partial charge in [-0.05, 0) is 19.4 Å². The molecular weight excluding hydrogens is 232 g/mol. The molecule has 0 bridgehead atoms. The van der Waals surface area contributed by atoms with Crippen molar-refractivity contribution in [1.29, 1.82) is 0 Å². The van der Waals surface area contributed by atoms with Crippen LogP contribution in [-0.4, -0.2) is 28.0 Å². The van der Waals surface area contributed by atoms with Gasteiger partial charge in [-0.1, -0.05) is 24.7 Å². The number of hydrogen-bond acceptors (Lipinski definition) is 5. The molecule has 3 heterocycles. The van der Waals surface area contributed by atoms with E-state index in [1.807, 2.05) is 0 Å². The van der Waals surface area contributed by atoms with E-state index < -0.39 is 0 Å². The van der Waals surface area contributed by atoms with Crippen molar-refractivity contribution < 1.29 is 0 Å².